The average Bonchev–Trinajstić information content (AvgIpc) is 3.25. The number of esters is 3. The highest BCUT2D eigenvalue weighted by Crippen LogP contribution is 2.43. The van der Waals surface area contributed by atoms with Crippen LogP contribution in [0.1, 0.15) is 226 Å². The van der Waals surface area contributed by atoms with E-state index in [4.69, 9.17) is 23.3 Å². The summed E-state index contributed by atoms with van der Waals surface area (Å²) >= 11 is 0. The Labute approximate surface area is 378 Å². The number of hydrogen-bond donors (Lipinski definition) is 2. The molecule has 0 aromatic rings. The number of unbranched alkanes of at least 4 members (excludes halogenated alkanes) is 23. The molecular weight excluding hydrogens is 808 g/mol. The lowest BCUT2D eigenvalue weighted by Gasteiger charge is -2.21. The molecule has 0 amide bonds. The predicted octanol–water partition coefficient (Wildman–Crippen LogP) is 13.7. The van der Waals surface area contributed by atoms with Crippen molar-refractivity contribution in [2.75, 3.05) is 26.4 Å². The molecule has 0 aliphatic carbocycles. The van der Waals surface area contributed by atoms with Gasteiger partial charge in [-0.25, -0.2) is 4.57 Å². The van der Waals surface area contributed by atoms with Crippen molar-refractivity contribution in [1.29, 1.82) is 0 Å². The summed E-state index contributed by atoms with van der Waals surface area (Å²) in [5.74, 6) is -1.49. The van der Waals surface area contributed by atoms with Gasteiger partial charge in [0.15, 0.2) is 6.10 Å². The molecule has 0 bridgehead atoms. The van der Waals surface area contributed by atoms with Gasteiger partial charge in [-0.15, -0.1) is 0 Å². The third-order valence-corrected chi connectivity index (χ3v) is 11.5. The monoisotopic (exact) mass is 899 g/mol. The summed E-state index contributed by atoms with van der Waals surface area (Å²) in [7, 11) is -4.73. The van der Waals surface area contributed by atoms with Gasteiger partial charge in [-0.2, -0.15) is 0 Å². The van der Waals surface area contributed by atoms with Crippen molar-refractivity contribution in [3.8, 4) is 0 Å². The zero-order chi connectivity index (χ0) is 45.6. The number of carbonyl (C=O) groups is 3. The minimum Gasteiger partial charge on any atom is -0.462 e. The van der Waals surface area contributed by atoms with Crippen LogP contribution in [0.25, 0.3) is 0 Å². The van der Waals surface area contributed by atoms with Gasteiger partial charge in [0, 0.05) is 19.3 Å². The molecule has 11 nitrogen and oxygen atoms in total. The molecule has 0 saturated heterocycles. The molecule has 0 heterocycles. The van der Waals surface area contributed by atoms with Crippen LogP contribution in [0.2, 0.25) is 0 Å². The minimum atomic E-state index is -4.73. The third kappa shape index (κ3) is 43.0. The molecule has 0 radical (unpaired) electrons. The number of phosphoric acid groups is 1. The zero-order valence-electron chi connectivity index (χ0n) is 39.6. The van der Waals surface area contributed by atoms with E-state index >= 15 is 0 Å². The van der Waals surface area contributed by atoms with E-state index < -0.39 is 57.8 Å². The van der Waals surface area contributed by atoms with Crippen LogP contribution in [-0.2, 0) is 42.2 Å². The molecule has 0 fully saturated rings. The molecule has 12 heteroatoms. The number of ether oxygens (including phenoxy) is 3. The van der Waals surface area contributed by atoms with Crippen LogP contribution in [0.3, 0.4) is 0 Å². The molecule has 0 aromatic heterocycles. The first-order valence-electron chi connectivity index (χ1n) is 24.9. The van der Waals surface area contributed by atoms with Gasteiger partial charge in [-0.3, -0.25) is 23.4 Å². The zero-order valence-corrected chi connectivity index (χ0v) is 40.5. The highest BCUT2D eigenvalue weighted by atomic mass is 31.2. The predicted molar refractivity (Wildman–Crippen MR) is 252 cm³/mol. The quantitative estimate of drug-likeness (QED) is 0.0197. The van der Waals surface area contributed by atoms with Crippen LogP contribution in [0.15, 0.2) is 36.5 Å². The summed E-state index contributed by atoms with van der Waals surface area (Å²) < 4.78 is 39.2. The lowest BCUT2D eigenvalue weighted by molar-refractivity contribution is -0.161. The Morgan fingerprint density at radius 2 is 0.806 bits per heavy atom. The molecule has 62 heavy (non-hydrogen) atoms. The second kappa shape index (κ2) is 45.3. The van der Waals surface area contributed by atoms with Gasteiger partial charge in [0.05, 0.1) is 19.8 Å². The molecule has 3 atom stereocenters. The fourth-order valence-corrected chi connectivity index (χ4v) is 7.44. The topological polar surface area (TPSA) is 155 Å². The van der Waals surface area contributed by atoms with Gasteiger partial charge in [-0.05, 0) is 70.6 Å². The molecule has 0 rings (SSSR count). The van der Waals surface area contributed by atoms with Crippen molar-refractivity contribution < 1.29 is 52.2 Å². The highest BCUT2D eigenvalue weighted by Gasteiger charge is 2.28. The Bertz CT molecular complexity index is 1190. The van der Waals surface area contributed by atoms with E-state index in [1.54, 1.807) is 0 Å². The number of aliphatic hydroxyl groups excluding tert-OH is 1. The van der Waals surface area contributed by atoms with Crippen LogP contribution >= 0.6 is 7.82 Å². The van der Waals surface area contributed by atoms with Crippen LogP contribution in [-0.4, -0.2) is 66.5 Å². The lowest BCUT2D eigenvalue weighted by Crippen LogP contribution is -2.30. The number of carbonyl (C=O) groups excluding carboxylic acids is 3. The fourth-order valence-electron chi connectivity index (χ4n) is 6.66. The van der Waals surface area contributed by atoms with Crippen LogP contribution in [0.5, 0.6) is 0 Å². The summed E-state index contributed by atoms with van der Waals surface area (Å²) in [5, 5.41) is 9.72. The van der Waals surface area contributed by atoms with Crippen molar-refractivity contribution in [2.24, 2.45) is 0 Å². The maximum Gasteiger partial charge on any atom is 0.472 e. The Hall–Kier alpha value is -2.30. The van der Waals surface area contributed by atoms with Crippen LogP contribution in [0, 0.1) is 0 Å². The summed E-state index contributed by atoms with van der Waals surface area (Å²) in [4.78, 5) is 48.1. The van der Waals surface area contributed by atoms with Gasteiger partial charge in [-0.1, -0.05) is 173 Å². The van der Waals surface area contributed by atoms with Crippen LogP contribution < -0.4 is 0 Å². The van der Waals surface area contributed by atoms with Gasteiger partial charge >= 0.3 is 25.7 Å². The number of hydrogen-bond acceptors (Lipinski definition) is 10. The first kappa shape index (κ1) is 59.7. The maximum absolute atomic E-state index is 12.8. The Morgan fingerprint density at radius 3 is 1.29 bits per heavy atom. The molecule has 0 aliphatic heterocycles. The largest absolute Gasteiger partial charge is 0.472 e. The number of phosphoric ester groups is 1. The van der Waals surface area contributed by atoms with Gasteiger partial charge in [0.2, 0.25) is 0 Å². The molecule has 3 unspecified atom stereocenters. The minimum absolute atomic E-state index is 0.156. The Balaban J connectivity index is 4.76. The van der Waals surface area contributed by atoms with E-state index in [1.165, 1.54) is 64.2 Å². The number of aliphatic hydroxyl groups is 1. The smallest absolute Gasteiger partial charge is 0.462 e. The van der Waals surface area contributed by atoms with E-state index in [9.17, 15) is 28.9 Å². The molecular formula is C50H91O11P. The second-order valence-electron chi connectivity index (χ2n) is 16.6. The van der Waals surface area contributed by atoms with Gasteiger partial charge < -0.3 is 24.2 Å². The van der Waals surface area contributed by atoms with Crippen molar-refractivity contribution in [3.63, 3.8) is 0 Å². The van der Waals surface area contributed by atoms with Crippen molar-refractivity contribution >= 4 is 25.7 Å². The number of rotatable bonds is 46. The molecule has 0 aromatic carbocycles. The third-order valence-electron chi connectivity index (χ3n) is 10.5. The van der Waals surface area contributed by atoms with Gasteiger partial charge in [0.1, 0.15) is 12.7 Å². The second-order valence-corrected chi connectivity index (χ2v) is 18.1. The van der Waals surface area contributed by atoms with Crippen LogP contribution in [0.4, 0.5) is 0 Å². The van der Waals surface area contributed by atoms with E-state index in [0.717, 1.165) is 103 Å². The average molecular weight is 899 g/mol. The van der Waals surface area contributed by atoms with E-state index in [1.807, 2.05) is 0 Å². The first-order chi connectivity index (χ1) is 30.2. The summed E-state index contributed by atoms with van der Waals surface area (Å²) in [6.07, 6.45) is 42.7. The fraction of sp³-hybridized carbons (Fsp3) is 0.820. The van der Waals surface area contributed by atoms with Crippen molar-refractivity contribution in [1.82, 2.24) is 0 Å². The highest BCUT2D eigenvalue weighted by molar-refractivity contribution is 7.47. The maximum atomic E-state index is 12.8. The normalized spacial score (nSPS) is 13.8. The Morgan fingerprint density at radius 1 is 0.452 bits per heavy atom. The standard InChI is InChI=1S/C50H91O11P/c1-4-7-10-13-16-19-21-22-23-24-26-28-30-33-36-39-48(52)57-43-47(61-50(54)41-38-35-32-29-25-20-17-14-11-8-5-2)45-59-62(55,56)58-44-46(42-51)60-49(53)40-37-34-31-27-18-15-12-9-6-3/h14,16-17,19,22-23,46-47,51H,4-13,15,18,20-21,24-45H2,1-3H3,(H,55,56)/b17-14-,19-16-,23-22-. The summed E-state index contributed by atoms with van der Waals surface area (Å²) in [6.45, 7) is 4.51. The van der Waals surface area contributed by atoms with Crippen molar-refractivity contribution in [3.05, 3.63) is 36.5 Å². The van der Waals surface area contributed by atoms with E-state index in [-0.39, 0.29) is 25.9 Å². The van der Waals surface area contributed by atoms with E-state index in [0.29, 0.717) is 19.3 Å². The van der Waals surface area contributed by atoms with Gasteiger partial charge in [0.25, 0.3) is 0 Å². The number of allylic oxidation sites excluding steroid dienone is 6. The van der Waals surface area contributed by atoms with Crippen molar-refractivity contribution in [2.45, 2.75) is 238 Å². The van der Waals surface area contributed by atoms with E-state index in [2.05, 4.69) is 57.2 Å². The first-order valence-corrected chi connectivity index (χ1v) is 26.4. The summed E-state index contributed by atoms with van der Waals surface area (Å²) in [6, 6.07) is 0. The molecule has 0 saturated carbocycles. The molecule has 0 aliphatic rings. The summed E-state index contributed by atoms with van der Waals surface area (Å²) in [5.41, 5.74) is 0. The Kier molecular flexibility index (Phi) is 43.6. The lowest BCUT2D eigenvalue weighted by atomic mass is 10.1. The molecule has 362 valence electrons. The molecule has 0 spiro atoms. The SMILES string of the molecule is CCCC/C=C\CCCCCCCC(=O)OC(COC(=O)CCCCCCC/C=C\C/C=C\CCCCC)COP(=O)(O)OCC(CO)OC(=O)CCCCCCCCCCC. The molecule has 2 N–H and O–H groups in total.